The summed E-state index contributed by atoms with van der Waals surface area (Å²) in [7, 11) is 0. The predicted molar refractivity (Wildman–Crippen MR) is 75.7 cm³/mol. The highest BCUT2D eigenvalue weighted by atomic mass is 35.5. The zero-order chi connectivity index (χ0) is 13.7. The van der Waals surface area contributed by atoms with Crippen LogP contribution in [0.2, 0.25) is 10.0 Å². The molecule has 1 aromatic carbocycles. The van der Waals surface area contributed by atoms with Crippen LogP contribution in [0.1, 0.15) is 18.9 Å². The minimum Gasteiger partial charge on any atom is -0.478 e. The number of aryl methyl sites for hydroxylation is 1. The highest BCUT2D eigenvalue weighted by Gasteiger charge is 2.05. The van der Waals surface area contributed by atoms with Crippen molar-refractivity contribution in [3.05, 3.63) is 39.4 Å². The molecule has 0 heterocycles. The second kappa shape index (κ2) is 6.66. The van der Waals surface area contributed by atoms with E-state index in [2.05, 4.69) is 5.32 Å². The van der Waals surface area contributed by atoms with Gasteiger partial charge in [-0.3, -0.25) is 0 Å². The standard InChI is InChI=1S/C13H15Cl2NO2/c1-3-9(13(17)18)4-5-16-12-7-10(14)8(2)6-11(12)15/h4,6-7,16H,3,5H2,1-2H3,(H,17,18)/b9-4-. The summed E-state index contributed by atoms with van der Waals surface area (Å²) in [5.74, 6) is -0.896. The second-order valence-corrected chi connectivity index (χ2v) is 4.66. The normalized spacial score (nSPS) is 11.4. The summed E-state index contributed by atoms with van der Waals surface area (Å²) in [4.78, 5) is 10.8. The SMILES string of the molecule is CC/C(=C/CNc1cc(Cl)c(C)cc1Cl)C(=O)O. The molecule has 98 valence electrons. The Morgan fingerprint density at radius 2 is 2.06 bits per heavy atom. The third kappa shape index (κ3) is 3.93. The first-order valence-electron chi connectivity index (χ1n) is 5.57. The molecule has 0 radical (unpaired) electrons. The number of carbonyl (C=O) groups is 1. The zero-order valence-electron chi connectivity index (χ0n) is 10.3. The number of hydrogen-bond donors (Lipinski definition) is 2. The Labute approximate surface area is 116 Å². The fraction of sp³-hybridized carbons (Fsp3) is 0.308. The molecule has 0 fully saturated rings. The van der Waals surface area contributed by atoms with E-state index in [0.29, 0.717) is 34.3 Å². The van der Waals surface area contributed by atoms with Gasteiger partial charge in [0.15, 0.2) is 0 Å². The fourth-order valence-corrected chi connectivity index (χ4v) is 1.90. The summed E-state index contributed by atoms with van der Waals surface area (Å²) in [6, 6.07) is 3.51. The van der Waals surface area contributed by atoms with Gasteiger partial charge < -0.3 is 10.4 Å². The van der Waals surface area contributed by atoms with Crippen molar-refractivity contribution in [2.45, 2.75) is 20.3 Å². The Morgan fingerprint density at radius 1 is 1.39 bits per heavy atom. The number of anilines is 1. The Hall–Kier alpha value is -1.19. The van der Waals surface area contributed by atoms with Crippen LogP contribution in [0, 0.1) is 6.92 Å². The van der Waals surface area contributed by atoms with Crippen LogP contribution in [0.25, 0.3) is 0 Å². The molecule has 0 aliphatic heterocycles. The first kappa shape index (κ1) is 14.9. The van der Waals surface area contributed by atoms with E-state index in [1.54, 1.807) is 25.1 Å². The lowest BCUT2D eigenvalue weighted by atomic mass is 10.2. The topological polar surface area (TPSA) is 49.3 Å². The van der Waals surface area contributed by atoms with Crippen molar-refractivity contribution in [2.75, 3.05) is 11.9 Å². The molecule has 0 saturated carbocycles. The summed E-state index contributed by atoms with van der Waals surface area (Å²) in [6.45, 7) is 4.07. The van der Waals surface area contributed by atoms with Gasteiger partial charge in [0.1, 0.15) is 0 Å². The van der Waals surface area contributed by atoms with E-state index < -0.39 is 5.97 Å². The Kier molecular flexibility index (Phi) is 5.51. The van der Waals surface area contributed by atoms with Gasteiger partial charge in [-0.2, -0.15) is 0 Å². The van der Waals surface area contributed by atoms with Gasteiger partial charge in [0.25, 0.3) is 0 Å². The molecule has 3 nitrogen and oxygen atoms in total. The van der Waals surface area contributed by atoms with Crippen molar-refractivity contribution in [3.8, 4) is 0 Å². The van der Waals surface area contributed by atoms with Crippen LogP contribution in [0.15, 0.2) is 23.8 Å². The molecule has 0 saturated heterocycles. The number of aliphatic carboxylic acids is 1. The molecule has 0 atom stereocenters. The number of hydrogen-bond acceptors (Lipinski definition) is 2. The van der Waals surface area contributed by atoms with Gasteiger partial charge in [-0.1, -0.05) is 36.2 Å². The van der Waals surface area contributed by atoms with E-state index in [4.69, 9.17) is 28.3 Å². The van der Waals surface area contributed by atoms with E-state index >= 15 is 0 Å². The number of nitrogens with one attached hydrogen (secondary N) is 1. The quantitative estimate of drug-likeness (QED) is 0.801. The van der Waals surface area contributed by atoms with Crippen molar-refractivity contribution >= 4 is 34.9 Å². The number of halogens is 2. The summed E-state index contributed by atoms with van der Waals surface area (Å²) in [5, 5.41) is 13.1. The van der Waals surface area contributed by atoms with Crippen LogP contribution in [-0.2, 0) is 4.79 Å². The van der Waals surface area contributed by atoms with Crippen molar-refractivity contribution in [2.24, 2.45) is 0 Å². The molecule has 1 aromatic rings. The van der Waals surface area contributed by atoms with E-state index in [-0.39, 0.29) is 0 Å². The van der Waals surface area contributed by atoms with Gasteiger partial charge >= 0.3 is 5.97 Å². The Bertz CT molecular complexity index is 484. The van der Waals surface area contributed by atoms with Crippen LogP contribution >= 0.6 is 23.2 Å². The molecule has 1 rings (SSSR count). The minimum atomic E-state index is -0.896. The molecular weight excluding hydrogens is 273 g/mol. The maximum Gasteiger partial charge on any atom is 0.331 e. The minimum absolute atomic E-state index is 0.372. The lowest BCUT2D eigenvalue weighted by Gasteiger charge is -2.09. The lowest BCUT2D eigenvalue weighted by molar-refractivity contribution is -0.132. The molecule has 0 aliphatic rings. The van der Waals surface area contributed by atoms with E-state index in [9.17, 15) is 4.79 Å². The van der Waals surface area contributed by atoms with Crippen LogP contribution in [0.3, 0.4) is 0 Å². The van der Waals surface area contributed by atoms with Crippen molar-refractivity contribution in [1.82, 2.24) is 0 Å². The van der Waals surface area contributed by atoms with Crippen molar-refractivity contribution in [3.63, 3.8) is 0 Å². The third-order valence-electron chi connectivity index (χ3n) is 2.54. The van der Waals surface area contributed by atoms with Gasteiger partial charge in [-0.05, 0) is 31.0 Å². The zero-order valence-corrected chi connectivity index (χ0v) is 11.8. The summed E-state index contributed by atoms with van der Waals surface area (Å²) < 4.78 is 0. The molecule has 0 amide bonds. The molecule has 0 aliphatic carbocycles. The molecule has 5 heteroatoms. The molecule has 0 unspecified atom stereocenters. The highest BCUT2D eigenvalue weighted by Crippen LogP contribution is 2.28. The molecule has 0 spiro atoms. The van der Waals surface area contributed by atoms with E-state index in [1.807, 2.05) is 6.92 Å². The van der Waals surface area contributed by atoms with Gasteiger partial charge in [0, 0.05) is 17.1 Å². The molecule has 0 bridgehead atoms. The average molecular weight is 288 g/mol. The van der Waals surface area contributed by atoms with E-state index in [0.717, 1.165) is 5.56 Å². The highest BCUT2D eigenvalue weighted by molar-refractivity contribution is 6.35. The third-order valence-corrected chi connectivity index (χ3v) is 3.26. The van der Waals surface area contributed by atoms with Crippen LogP contribution in [0.5, 0.6) is 0 Å². The maximum atomic E-state index is 10.8. The van der Waals surface area contributed by atoms with Gasteiger partial charge in [0.2, 0.25) is 0 Å². The van der Waals surface area contributed by atoms with Crippen LogP contribution in [-0.4, -0.2) is 17.6 Å². The van der Waals surface area contributed by atoms with Gasteiger partial charge in [0.05, 0.1) is 10.7 Å². The fourth-order valence-electron chi connectivity index (χ4n) is 1.45. The van der Waals surface area contributed by atoms with Crippen LogP contribution < -0.4 is 5.32 Å². The first-order valence-corrected chi connectivity index (χ1v) is 6.33. The Morgan fingerprint density at radius 3 is 2.61 bits per heavy atom. The number of carboxylic acid groups (broad SMARTS) is 1. The van der Waals surface area contributed by atoms with Crippen molar-refractivity contribution in [1.29, 1.82) is 0 Å². The molecular formula is C13H15Cl2NO2. The summed E-state index contributed by atoms with van der Waals surface area (Å²) >= 11 is 12.1. The summed E-state index contributed by atoms with van der Waals surface area (Å²) in [6.07, 6.45) is 2.12. The molecule has 0 aromatic heterocycles. The van der Waals surface area contributed by atoms with Crippen LogP contribution in [0.4, 0.5) is 5.69 Å². The number of carboxylic acids is 1. The predicted octanol–water partition coefficient (Wildman–Crippen LogP) is 4.13. The van der Waals surface area contributed by atoms with E-state index in [1.165, 1.54) is 0 Å². The average Bonchev–Trinajstić information content (AvgIpc) is 2.30. The van der Waals surface area contributed by atoms with Crippen molar-refractivity contribution < 1.29 is 9.90 Å². The second-order valence-electron chi connectivity index (χ2n) is 3.85. The molecule has 2 N–H and O–H groups in total. The number of rotatable bonds is 5. The Balaban J connectivity index is 2.75. The van der Waals surface area contributed by atoms with Gasteiger partial charge in [-0.15, -0.1) is 0 Å². The summed E-state index contributed by atoms with van der Waals surface area (Å²) in [5.41, 5.74) is 1.98. The number of benzene rings is 1. The largest absolute Gasteiger partial charge is 0.478 e. The smallest absolute Gasteiger partial charge is 0.331 e. The maximum absolute atomic E-state index is 10.8. The first-order chi connectivity index (χ1) is 8.45. The lowest BCUT2D eigenvalue weighted by Crippen LogP contribution is -2.05. The molecule has 18 heavy (non-hydrogen) atoms. The van der Waals surface area contributed by atoms with Gasteiger partial charge in [-0.25, -0.2) is 4.79 Å². The monoisotopic (exact) mass is 287 g/mol.